The molecule has 1 saturated heterocycles. The van der Waals surface area contributed by atoms with Gasteiger partial charge in [0.25, 0.3) is 0 Å². The lowest BCUT2D eigenvalue weighted by Crippen LogP contribution is -2.43. The molecule has 1 heterocycles. The van der Waals surface area contributed by atoms with Crippen molar-refractivity contribution in [3.05, 3.63) is 34.9 Å². The lowest BCUT2D eigenvalue weighted by atomic mass is 9.88. The fourth-order valence-corrected chi connectivity index (χ4v) is 2.92. The summed E-state index contributed by atoms with van der Waals surface area (Å²) in [5.74, 6) is 0. The number of hydrogen-bond acceptors (Lipinski definition) is 1. The summed E-state index contributed by atoms with van der Waals surface area (Å²) >= 11 is 0. The van der Waals surface area contributed by atoms with Gasteiger partial charge in [0.15, 0.2) is 0 Å². The molecular weight excluding hydrogens is 308 g/mol. The molecule has 0 spiro atoms. The Morgan fingerprint density at radius 1 is 0.818 bits per heavy atom. The highest BCUT2D eigenvalue weighted by molar-refractivity contribution is 5.38. The van der Waals surface area contributed by atoms with Gasteiger partial charge in [0, 0.05) is 11.1 Å². The lowest BCUT2D eigenvalue weighted by Gasteiger charge is -2.30. The number of alkyl halides is 6. The molecule has 1 fully saturated rings. The molecule has 124 valence electrons. The van der Waals surface area contributed by atoms with Crippen LogP contribution in [0.3, 0.4) is 0 Å². The molecule has 1 unspecified atom stereocenters. The van der Waals surface area contributed by atoms with Crippen molar-refractivity contribution in [2.24, 2.45) is 0 Å². The van der Waals surface area contributed by atoms with E-state index in [-0.39, 0.29) is 17.2 Å². The van der Waals surface area contributed by atoms with E-state index in [1.54, 1.807) is 6.92 Å². The first-order valence-electron chi connectivity index (χ1n) is 6.82. The zero-order valence-corrected chi connectivity index (χ0v) is 12.4. The van der Waals surface area contributed by atoms with Crippen molar-refractivity contribution in [1.82, 2.24) is 5.32 Å². The minimum Gasteiger partial charge on any atom is -0.303 e. The second-order valence-electron chi connectivity index (χ2n) is 6.64. The molecule has 0 bridgehead atoms. The van der Waals surface area contributed by atoms with Crippen LogP contribution in [0, 0.1) is 0 Å². The van der Waals surface area contributed by atoms with Crippen LogP contribution in [0.1, 0.15) is 50.3 Å². The van der Waals surface area contributed by atoms with Crippen LogP contribution >= 0.6 is 0 Å². The summed E-state index contributed by atoms with van der Waals surface area (Å²) in [5, 5.41) is 3.15. The maximum Gasteiger partial charge on any atom is 0.416 e. The molecular formula is C15H17F6N. The Kier molecular flexibility index (Phi) is 3.80. The minimum atomic E-state index is -4.82. The molecule has 0 amide bonds. The molecule has 2 rings (SSSR count). The predicted octanol–water partition coefficient (Wildman–Crippen LogP) is 5.10. The molecule has 1 aromatic rings. The average molecular weight is 325 g/mol. The molecule has 1 aliphatic heterocycles. The standard InChI is InChI=1S/C15H17F6N/c1-12(2)4-5-13(3,22-12)9-6-10(14(16,17)18)8-11(7-9)15(19,20)21/h6-8,22H,4-5H2,1-3H3. The van der Waals surface area contributed by atoms with Crippen molar-refractivity contribution in [2.75, 3.05) is 0 Å². The Balaban J connectivity index is 2.57. The number of nitrogens with one attached hydrogen (secondary N) is 1. The van der Waals surface area contributed by atoms with Crippen molar-refractivity contribution >= 4 is 0 Å². The topological polar surface area (TPSA) is 12.0 Å². The molecule has 0 aliphatic carbocycles. The van der Waals surface area contributed by atoms with Crippen LogP contribution in [0.4, 0.5) is 26.3 Å². The number of halogens is 6. The van der Waals surface area contributed by atoms with Crippen molar-refractivity contribution < 1.29 is 26.3 Å². The highest BCUT2D eigenvalue weighted by Crippen LogP contribution is 2.42. The molecule has 0 aromatic heterocycles. The van der Waals surface area contributed by atoms with Gasteiger partial charge in [-0.1, -0.05) is 0 Å². The third-order valence-corrected chi connectivity index (χ3v) is 4.09. The minimum absolute atomic E-state index is 0.0141. The monoisotopic (exact) mass is 325 g/mol. The normalized spacial score (nSPS) is 25.5. The third kappa shape index (κ3) is 3.39. The number of benzene rings is 1. The zero-order chi connectivity index (χ0) is 17.0. The second kappa shape index (κ2) is 4.88. The van der Waals surface area contributed by atoms with E-state index in [0.29, 0.717) is 12.8 Å². The van der Waals surface area contributed by atoms with Gasteiger partial charge in [0.05, 0.1) is 11.1 Å². The smallest absolute Gasteiger partial charge is 0.303 e. The molecule has 1 atom stereocenters. The lowest BCUT2D eigenvalue weighted by molar-refractivity contribution is -0.143. The van der Waals surface area contributed by atoms with Crippen molar-refractivity contribution in [1.29, 1.82) is 0 Å². The van der Waals surface area contributed by atoms with Gasteiger partial charge < -0.3 is 5.32 Å². The molecule has 0 radical (unpaired) electrons. The van der Waals surface area contributed by atoms with Crippen LogP contribution in [0.2, 0.25) is 0 Å². The van der Waals surface area contributed by atoms with E-state index < -0.39 is 29.0 Å². The van der Waals surface area contributed by atoms with Gasteiger partial charge in [-0.2, -0.15) is 26.3 Å². The summed E-state index contributed by atoms with van der Waals surface area (Å²) in [6.45, 7) is 5.38. The van der Waals surface area contributed by atoms with Crippen LogP contribution in [0.5, 0.6) is 0 Å². The molecule has 7 heteroatoms. The zero-order valence-electron chi connectivity index (χ0n) is 12.4. The maximum atomic E-state index is 12.9. The van der Waals surface area contributed by atoms with Gasteiger partial charge in [-0.3, -0.25) is 0 Å². The molecule has 1 aromatic carbocycles. The van der Waals surface area contributed by atoms with Crippen LogP contribution < -0.4 is 5.32 Å². The fourth-order valence-electron chi connectivity index (χ4n) is 2.92. The van der Waals surface area contributed by atoms with Crippen molar-refractivity contribution in [3.63, 3.8) is 0 Å². The average Bonchev–Trinajstić information content (AvgIpc) is 2.62. The van der Waals surface area contributed by atoms with Gasteiger partial charge in [-0.15, -0.1) is 0 Å². The summed E-state index contributed by atoms with van der Waals surface area (Å²) < 4.78 is 77.5. The Hall–Kier alpha value is -1.24. The van der Waals surface area contributed by atoms with Crippen molar-refractivity contribution in [2.45, 2.75) is 57.0 Å². The molecule has 1 N–H and O–H groups in total. The van der Waals surface area contributed by atoms with Gasteiger partial charge in [-0.25, -0.2) is 0 Å². The SMILES string of the molecule is CC1(C)CCC(C)(c2cc(C(F)(F)F)cc(C(F)(F)F)c2)N1. The van der Waals surface area contributed by atoms with Crippen molar-refractivity contribution in [3.8, 4) is 0 Å². The summed E-state index contributed by atoms with van der Waals surface area (Å²) in [5.41, 5.74) is -3.78. The fraction of sp³-hybridized carbons (Fsp3) is 0.600. The molecule has 0 saturated carbocycles. The third-order valence-electron chi connectivity index (χ3n) is 4.09. The first-order valence-corrected chi connectivity index (χ1v) is 6.82. The highest BCUT2D eigenvalue weighted by Gasteiger charge is 2.43. The van der Waals surface area contributed by atoms with E-state index in [1.807, 2.05) is 13.8 Å². The van der Waals surface area contributed by atoms with E-state index in [4.69, 9.17) is 0 Å². The van der Waals surface area contributed by atoms with Gasteiger partial charge in [-0.05, 0) is 57.4 Å². The summed E-state index contributed by atoms with van der Waals surface area (Å²) in [6, 6.07) is 1.78. The van der Waals surface area contributed by atoms with E-state index in [2.05, 4.69) is 5.32 Å². The van der Waals surface area contributed by atoms with Crippen LogP contribution in [-0.2, 0) is 17.9 Å². The van der Waals surface area contributed by atoms with Crippen LogP contribution in [-0.4, -0.2) is 5.54 Å². The van der Waals surface area contributed by atoms with Crippen LogP contribution in [0.25, 0.3) is 0 Å². The molecule has 1 aliphatic rings. The first kappa shape index (κ1) is 17.1. The number of rotatable bonds is 1. The van der Waals surface area contributed by atoms with E-state index >= 15 is 0 Å². The Morgan fingerprint density at radius 2 is 1.27 bits per heavy atom. The van der Waals surface area contributed by atoms with Gasteiger partial charge >= 0.3 is 12.4 Å². The van der Waals surface area contributed by atoms with E-state index in [1.165, 1.54) is 0 Å². The molecule has 22 heavy (non-hydrogen) atoms. The van der Waals surface area contributed by atoms with E-state index in [0.717, 1.165) is 12.1 Å². The van der Waals surface area contributed by atoms with Gasteiger partial charge in [0.1, 0.15) is 0 Å². The predicted molar refractivity (Wildman–Crippen MR) is 70.2 cm³/mol. The molecule has 1 nitrogen and oxygen atoms in total. The first-order chi connectivity index (χ1) is 9.73. The maximum absolute atomic E-state index is 12.9. The Morgan fingerprint density at radius 3 is 1.59 bits per heavy atom. The van der Waals surface area contributed by atoms with Gasteiger partial charge in [0.2, 0.25) is 0 Å². The Labute approximate surface area is 124 Å². The summed E-state index contributed by atoms with van der Waals surface area (Å²) in [7, 11) is 0. The summed E-state index contributed by atoms with van der Waals surface area (Å²) in [6.07, 6.45) is -8.50. The number of hydrogen-bond donors (Lipinski definition) is 1. The summed E-state index contributed by atoms with van der Waals surface area (Å²) in [4.78, 5) is 0. The largest absolute Gasteiger partial charge is 0.416 e. The Bertz CT molecular complexity index is 540. The van der Waals surface area contributed by atoms with Crippen LogP contribution in [0.15, 0.2) is 18.2 Å². The second-order valence-corrected chi connectivity index (χ2v) is 6.64. The van der Waals surface area contributed by atoms with E-state index in [9.17, 15) is 26.3 Å². The quantitative estimate of drug-likeness (QED) is 0.708. The highest BCUT2D eigenvalue weighted by atomic mass is 19.4.